The third kappa shape index (κ3) is 3.48. The maximum Gasteiger partial charge on any atom is 0.416 e. The highest BCUT2D eigenvalue weighted by Gasteiger charge is 2.48. The maximum absolute atomic E-state index is 12.9. The predicted molar refractivity (Wildman–Crippen MR) is 96.1 cm³/mol. The SMILES string of the molecule is FC(F)(F)c1ccc(C2([C@@H]3OC=C[C@@H](c4ccccc4)CO3)CCC2)cc1. The summed E-state index contributed by atoms with van der Waals surface area (Å²) in [5.74, 6) is 0.0981. The lowest BCUT2D eigenvalue weighted by Crippen LogP contribution is -2.47. The van der Waals surface area contributed by atoms with Gasteiger partial charge in [0.15, 0.2) is 0 Å². The lowest BCUT2D eigenvalue weighted by atomic mass is 9.63. The summed E-state index contributed by atoms with van der Waals surface area (Å²) in [6.07, 6.45) is 1.53. The molecule has 142 valence electrons. The van der Waals surface area contributed by atoms with E-state index in [4.69, 9.17) is 9.47 Å². The number of ether oxygens (including phenoxy) is 2. The highest BCUT2D eigenvalue weighted by atomic mass is 19.4. The number of alkyl halides is 3. The van der Waals surface area contributed by atoms with Crippen molar-refractivity contribution in [3.05, 3.63) is 83.6 Å². The summed E-state index contributed by atoms with van der Waals surface area (Å²) >= 11 is 0. The number of rotatable bonds is 3. The van der Waals surface area contributed by atoms with Crippen molar-refractivity contribution in [2.75, 3.05) is 6.61 Å². The van der Waals surface area contributed by atoms with Crippen LogP contribution in [0.15, 0.2) is 66.9 Å². The molecule has 0 bridgehead atoms. The van der Waals surface area contributed by atoms with Crippen molar-refractivity contribution in [3.63, 3.8) is 0 Å². The van der Waals surface area contributed by atoms with Gasteiger partial charge < -0.3 is 9.47 Å². The Hall–Kier alpha value is -2.27. The van der Waals surface area contributed by atoms with E-state index in [2.05, 4.69) is 0 Å². The van der Waals surface area contributed by atoms with Crippen molar-refractivity contribution in [1.29, 1.82) is 0 Å². The molecule has 5 heteroatoms. The molecule has 0 spiro atoms. The van der Waals surface area contributed by atoms with E-state index in [1.807, 2.05) is 36.4 Å². The van der Waals surface area contributed by atoms with Crippen LogP contribution in [0.5, 0.6) is 0 Å². The second-order valence-electron chi connectivity index (χ2n) is 7.23. The largest absolute Gasteiger partial charge is 0.472 e. The Morgan fingerprint density at radius 3 is 2.22 bits per heavy atom. The van der Waals surface area contributed by atoms with Gasteiger partial charge in [0, 0.05) is 5.92 Å². The van der Waals surface area contributed by atoms with Gasteiger partial charge in [0.1, 0.15) is 0 Å². The third-order valence-electron chi connectivity index (χ3n) is 5.65. The van der Waals surface area contributed by atoms with Gasteiger partial charge in [0.2, 0.25) is 6.29 Å². The van der Waals surface area contributed by atoms with Crippen LogP contribution in [0.1, 0.15) is 41.9 Å². The highest BCUT2D eigenvalue weighted by Crippen LogP contribution is 2.49. The lowest BCUT2D eigenvalue weighted by Gasteiger charge is -2.46. The zero-order valence-corrected chi connectivity index (χ0v) is 14.8. The van der Waals surface area contributed by atoms with E-state index in [1.165, 1.54) is 0 Å². The monoisotopic (exact) mass is 374 g/mol. The molecule has 2 atom stereocenters. The summed E-state index contributed by atoms with van der Waals surface area (Å²) in [6.45, 7) is 0.480. The average Bonchev–Trinajstić information content (AvgIpc) is 2.88. The van der Waals surface area contributed by atoms with Gasteiger partial charge >= 0.3 is 6.18 Å². The Bertz CT molecular complexity index is 793. The molecule has 1 fully saturated rings. The molecule has 27 heavy (non-hydrogen) atoms. The lowest BCUT2D eigenvalue weighted by molar-refractivity contribution is -0.168. The first-order valence-corrected chi connectivity index (χ1v) is 9.15. The molecule has 4 rings (SSSR count). The standard InChI is InChI=1S/C22H21F3O2/c23-22(24,25)19-9-7-18(8-10-19)21(12-4-13-21)20-26-14-11-17(15-27-20)16-5-2-1-3-6-16/h1-3,5-11,14,17,20H,4,12-13,15H2/t17-,20-/m1/s1. The summed E-state index contributed by atoms with van der Waals surface area (Å²) in [7, 11) is 0. The van der Waals surface area contributed by atoms with Crippen LogP contribution in [0.3, 0.4) is 0 Å². The van der Waals surface area contributed by atoms with Crippen LogP contribution in [-0.2, 0) is 21.1 Å². The quantitative estimate of drug-likeness (QED) is 0.676. The van der Waals surface area contributed by atoms with Gasteiger partial charge in [-0.05, 0) is 42.2 Å². The van der Waals surface area contributed by atoms with E-state index in [9.17, 15) is 13.2 Å². The van der Waals surface area contributed by atoms with E-state index in [-0.39, 0.29) is 11.3 Å². The fourth-order valence-electron chi connectivity index (χ4n) is 3.90. The van der Waals surface area contributed by atoms with E-state index in [0.29, 0.717) is 6.61 Å². The Kier molecular flexibility index (Phi) is 4.72. The first kappa shape index (κ1) is 18.1. The third-order valence-corrected chi connectivity index (χ3v) is 5.65. The molecule has 1 aliphatic carbocycles. The minimum absolute atomic E-state index is 0.0981. The van der Waals surface area contributed by atoms with Crippen LogP contribution in [0.2, 0.25) is 0 Å². The number of hydrogen-bond donors (Lipinski definition) is 0. The van der Waals surface area contributed by atoms with Gasteiger partial charge in [0.05, 0.1) is 23.8 Å². The summed E-state index contributed by atoms with van der Waals surface area (Å²) in [5, 5.41) is 0. The van der Waals surface area contributed by atoms with Gasteiger partial charge in [-0.2, -0.15) is 13.2 Å². The predicted octanol–water partition coefficient (Wildman–Crippen LogP) is 5.80. The topological polar surface area (TPSA) is 18.5 Å². The fourth-order valence-corrected chi connectivity index (χ4v) is 3.90. The molecule has 1 heterocycles. The smallest absolute Gasteiger partial charge is 0.416 e. The number of benzene rings is 2. The van der Waals surface area contributed by atoms with Gasteiger partial charge in [0.25, 0.3) is 0 Å². The number of hydrogen-bond acceptors (Lipinski definition) is 2. The van der Waals surface area contributed by atoms with Crippen LogP contribution in [0.25, 0.3) is 0 Å². The summed E-state index contributed by atoms with van der Waals surface area (Å²) in [6, 6.07) is 15.5. The van der Waals surface area contributed by atoms with Crippen molar-refractivity contribution in [2.24, 2.45) is 0 Å². The van der Waals surface area contributed by atoms with E-state index in [0.717, 1.165) is 42.5 Å². The maximum atomic E-state index is 12.9. The second kappa shape index (κ2) is 7.04. The molecular weight excluding hydrogens is 353 g/mol. The zero-order valence-electron chi connectivity index (χ0n) is 14.8. The molecule has 2 aromatic rings. The molecule has 2 aliphatic rings. The molecule has 0 N–H and O–H groups in total. The van der Waals surface area contributed by atoms with Crippen molar-refractivity contribution >= 4 is 0 Å². The molecule has 0 amide bonds. The first-order valence-electron chi connectivity index (χ1n) is 9.15. The molecular formula is C22H21F3O2. The van der Waals surface area contributed by atoms with Crippen molar-refractivity contribution in [3.8, 4) is 0 Å². The molecule has 1 saturated carbocycles. The molecule has 0 aromatic heterocycles. The average molecular weight is 374 g/mol. The molecule has 2 aromatic carbocycles. The number of halogens is 3. The van der Waals surface area contributed by atoms with Crippen molar-refractivity contribution in [1.82, 2.24) is 0 Å². The summed E-state index contributed by atoms with van der Waals surface area (Å²) in [5.41, 5.74) is 0.973. The zero-order chi connectivity index (χ0) is 18.9. The summed E-state index contributed by atoms with van der Waals surface area (Å²) in [4.78, 5) is 0. The molecule has 0 saturated heterocycles. The van der Waals surface area contributed by atoms with Crippen molar-refractivity contribution < 1.29 is 22.6 Å². The Labute approximate surface area is 156 Å². The Balaban J connectivity index is 1.54. The molecule has 2 nitrogen and oxygen atoms in total. The minimum atomic E-state index is -4.33. The van der Waals surface area contributed by atoms with E-state index in [1.54, 1.807) is 18.4 Å². The van der Waals surface area contributed by atoms with Crippen LogP contribution in [-0.4, -0.2) is 12.9 Å². The van der Waals surface area contributed by atoms with E-state index < -0.39 is 18.0 Å². The first-order chi connectivity index (χ1) is 13.0. The fraction of sp³-hybridized carbons (Fsp3) is 0.364. The molecule has 0 unspecified atom stereocenters. The van der Waals surface area contributed by atoms with Gasteiger partial charge in [-0.15, -0.1) is 0 Å². The summed E-state index contributed by atoms with van der Waals surface area (Å²) < 4.78 is 50.6. The van der Waals surface area contributed by atoms with Gasteiger partial charge in [-0.1, -0.05) is 48.9 Å². The van der Waals surface area contributed by atoms with Gasteiger partial charge in [-0.3, -0.25) is 0 Å². The Morgan fingerprint density at radius 2 is 1.63 bits per heavy atom. The van der Waals surface area contributed by atoms with Crippen LogP contribution >= 0.6 is 0 Å². The van der Waals surface area contributed by atoms with Gasteiger partial charge in [-0.25, -0.2) is 0 Å². The normalized spacial score (nSPS) is 24.6. The molecule has 1 aliphatic heterocycles. The molecule has 0 radical (unpaired) electrons. The minimum Gasteiger partial charge on any atom is -0.472 e. The Morgan fingerprint density at radius 1 is 0.926 bits per heavy atom. The van der Waals surface area contributed by atoms with Crippen LogP contribution in [0, 0.1) is 0 Å². The second-order valence-corrected chi connectivity index (χ2v) is 7.23. The van der Waals surface area contributed by atoms with E-state index >= 15 is 0 Å². The van der Waals surface area contributed by atoms with Crippen molar-refractivity contribution in [2.45, 2.75) is 43.1 Å². The highest BCUT2D eigenvalue weighted by molar-refractivity contribution is 5.33. The van der Waals surface area contributed by atoms with Crippen LogP contribution < -0.4 is 0 Å². The van der Waals surface area contributed by atoms with Crippen LogP contribution in [0.4, 0.5) is 13.2 Å².